The molecule has 0 aliphatic carbocycles. The van der Waals surface area contributed by atoms with Gasteiger partial charge in [-0.25, -0.2) is 14.6 Å². The Morgan fingerprint density at radius 3 is 2.65 bits per heavy atom. The van der Waals surface area contributed by atoms with Crippen LogP contribution in [0.1, 0.15) is 18.9 Å². The number of hydrogen-bond donors (Lipinski definition) is 1. The number of carbonyl (C=O) groups is 1. The largest absolute Gasteiger partial charge is 0.457 e. The maximum Gasteiger partial charge on any atom is 0.246 e. The smallest absolute Gasteiger partial charge is 0.246 e. The van der Waals surface area contributed by atoms with Gasteiger partial charge in [-0.3, -0.25) is 9.69 Å². The Labute approximate surface area is 233 Å². The number of anilines is 1. The number of amides is 1. The summed E-state index contributed by atoms with van der Waals surface area (Å²) in [6.45, 7) is 3.50. The summed E-state index contributed by atoms with van der Waals surface area (Å²) in [5.74, 6) is 1.89. The highest BCUT2D eigenvalue weighted by Gasteiger charge is 2.28. The van der Waals surface area contributed by atoms with Gasteiger partial charge in [0.05, 0.1) is 30.7 Å². The molecule has 10 nitrogen and oxygen atoms in total. The maximum atomic E-state index is 13.0. The number of nitrogens with zero attached hydrogens (tertiary/aromatic N) is 6. The molecule has 206 valence electrons. The summed E-state index contributed by atoms with van der Waals surface area (Å²) in [7, 11) is 2.05. The number of benzene rings is 2. The molecule has 2 aliphatic rings. The Hall–Kier alpha value is -4.28. The molecular formula is C30H33N7O3. The van der Waals surface area contributed by atoms with Crippen LogP contribution in [0, 0.1) is 0 Å². The van der Waals surface area contributed by atoms with Crippen LogP contribution in [0.5, 0.6) is 11.5 Å². The molecule has 2 fully saturated rings. The molecule has 6 rings (SSSR count). The second-order valence-electron chi connectivity index (χ2n) is 10.3. The number of rotatable bonds is 8. The quantitative estimate of drug-likeness (QED) is 0.336. The van der Waals surface area contributed by atoms with Gasteiger partial charge in [0.15, 0.2) is 5.65 Å². The number of ether oxygens (including phenoxy) is 2. The van der Waals surface area contributed by atoms with Gasteiger partial charge in [0.2, 0.25) is 5.91 Å². The predicted molar refractivity (Wildman–Crippen MR) is 153 cm³/mol. The van der Waals surface area contributed by atoms with Gasteiger partial charge in [-0.1, -0.05) is 24.3 Å². The summed E-state index contributed by atoms with van der Waals surface area (Å²) in [6, 6.07) is 17.8. The number of piperidine rings is 1. The van der Waals surface area contributed by atoms with Crippen molar-refractivity contribution in [1.29, 1.82) is 0 Å². The molecule has 4 aromatic rings. The van der Waals surface area contributed by atoms with E-state index in [0.717, 1.165) is 56.2 Å². The minimum atomic E-state index is -0.0212. The maximum absolute atomic E-state index is 13.0. The van der Waals surface area contributed by atoms with E-state index in [-0.39, 0.29) is 11.9 Å². The Bertz CT molecular complexity index is 1500. The predicted octanol–water partition coefficient (Wildman–Crippen LogP) is 3.92. The Balaban J connectivity index is 1.21. The summed E-state index contributed by atoms with van der Waals surface area (Å²) in [6.07, 6.45) is 6.86. The van der Waals surface area contributed by atoms with Gasteiger partial charge in [-0.05, 0) is 56.3 Å². The van der Waals surface area contributed by atoms with Crippen molar-refractivity contribution >= 4 is 22.8 Å². The molecule has 2 aromatic heterocycles. The average molecular weight is 540 g/mol. The van der Waals surface area contributed by atoms with Crippen molar-refractivity contribution in [2.45, 2.75) is 24.9 Å². The molecule has 2 N–H and O–H groups in total. The van der Waals surface area contributed by atoms with Gasteiger partial charge < -0.3 is 20.1 Å². The molecule has 2 saturated heterocycles. The van der Waals surface area contributed by atoms with Gasteiger partial charge in [0, 0.05) is 31.3 Å². The van der Waals surface area contributed by atoms with E-state index < -0.39 is 0 Å². The highest BCUT2D eigenvalue weighted by molar-refractivity contribution is 5.98. The second-order valence-corrected chi connectivity index (χ2v) is 10.3. The van der Waals surface area contributed by atoms with Crippen molar-refractivity contribution in [2.24, 2.45) is 0 Å². The van der Waals surface area contributed by atoms with Gasteiger partial charge in [0.25, 0.3) is 0 Å². The summed E-state index contributed by atoms with van der Waals surface area (Å²) in [5.41, 5.74) is 8.62. The normalized spacial score (nSPS) is 17.9. The number of nitrogen functional groups attached to an aromatic ring is 1. The van der Waals surface area contributed by atoms with Crippen LogP contribution >= 0.6 is 0 Å². The third-order valence-electron chi connectivity index (χ3n) is 7.58. The number of fused-ring (bicyclic) bond motifs is 1. The summed E-state index contributed by atoms with van der Waals surface area (Å²) in [5, 5.41) is 5.70. The summed E-state index contributed by atoms with van der Waals surface area (Å²) in [4.78, 5) is 25.9. The molecule has 1 amide bonds. The van der Waals surface area contributed by atoms with Crippen LogP contribution in [0.3, 0.4) is 0 Å². The molecule has 4 heterocycles. The molecule has 0 saturated carbocycles. The van der Waals surface area contributed by atoms with E-state index >= 15 is 0 Å². The SMILES string of the molecule is CN(CC=CC(=O)N1CCC[C@@H](n2nc(-c3ccc(Oc4ccccc4)cc3)c3c(N)ncnc32)C1)C1COC1. The fraction of sp³-hybridized carbons (Fsp3) is 0.333. The van der Waals surface area contributed by atoms with E-state index in [0.29, 0.717) is 35.1 Å². The van der Waals surface area contributed by atoms with Crippen LogP contribution < -0.4 is 10.5 Å². The van der Waals surface area contributed by atoms with Crippen molar-refractivity contribution in [3.63, 3.8) is 0 Å². The number of likely N-dealkylation sites (N-methyl/N-ethyl adjacent to an activating group) is 1. The Morgan fingerprint density at radius 1 is 1.12 bits per heavy atom. The lowest BCUT2D eigenvalue weighted by Gasteiger charge is -2.34. The zero-order valence-corrected chi connectivity index (χ0v) is 22.5. The first-order valence-corrected chi connectivity index (χ1v) is 13.6. The number of nitrogens with two attached hydrogens (primary N) is 1. The van der Waals surface area contributed by atoms with E-state index in [2.05, 4.69) is 21.9 Å². The average Bonchev–Trinajstić information content (AvgIpc) is 3.34. The molecule has 2 aromatic carbocycles. The summed E-state index contributed by atoms with van der Waals surface area (Å²) >= 11 is 0. The van der Waals surface area contributed by atoms with Crippen molar-refractivity contribution in [2.75, 3.05) is 45.6 Å². The van der Waals surface area contributed by atoms with Crippen molar-refractivity contribution in [1.82, 2.24) is 29.5 Å². The van der Waals surface area contributed by atoms with Crippen LogP contribution in [-0.2, 0) is 9.53 Å². The molecule has 0 spiro atoms. The number of carbonyl (C=O) groups excluding carboxylic acids is 1. The van der Waals surface area contributed by atoms with E-state index in [1.54, 1.807) is 6.08 Å². The molecular weight excluding hydrogens is 506 g/mol. The molecule has 40 heavy (non-hydrogen) atoms. The van der Waals surface area contributed by atoms with Crippen molar-refractivity contribution < 1.29 is 14.3 Å². The lowest BCUT2D eigenvalue weighted by atomic mass is 10.1. The summed E-state index contributed by atoms with van der Waals surface area (Å²) < 4.78 is 13.1. The molecule has 0 radical (unpaired) electrons. The lowest BCUT2D eigenvalue weighted by molar-refractivity contribution is -0.127. The van der Waals surface area contributed by atoms with Gasteiger partial charge in [-0.2, -0.15) is 5.10 Å². The number of hydrogen-bond acceptors (Lipinski definition) is 8. The number of aromatic nitrogens is 4. The zero-order chi connectivity index (χ0) is 27.5. The van der Waals surface area contributed by atoms with Crippen LogP contribution in [0.25, 0.3) is 22.3 Å². The van der Waals surface area contributed by atoms with Crippen molar-refractivity contribution in [3.05, 3.63) is 73.1 Å². The van der Waals surface area contributed by atoms with Crippen LogP contribution in [0.4, 0.5) is 5.82 Å². The highest BCUT2D eigenvalue weighted by Crippen LogP contribution is 2.35. The Morgan fingerprint density at radius 2 is 1.90 bits per heavy atom. The first-order chi connectivity index (χ1) is 19.6. The van der Waals surface area contributed by atoms with Crippen LogP contribution in [0.15, 0.2) is 73.1 Å². The van der Waals surface area contributed by atoms with Crippen molar-refractivity contribution in [3.8, 4) is 22.8 Å². The fourth-order valence-corrected chi connectivity index (χ4v) is 5.16. The lowest BCUT2D eigenvalue weighted by Crippen LogP contribution is -2.47. The van der Waals surface area contributed by atoms with E-state index in [1.165, 1.54) is 6.33 Å². The molecule has 0 unspecified atom stereocenters. The fourth-order valence-electron chi connectivity index (χ4n) is 5.16. The van der Waals surface area contributed by atoms with Gasteiger partial charge in [0.1, 0.15) is 29.3 Å². The number of para-hydroxylation sites is 1. The molecule has 2 aliphatic heterocycles. The minimum absolute atomic E-state index is 0.0165. The highest BCUT2D eigenvalue weighted by atomic mass is 16.5. The van der Waals surface area contributed by atoms with E-state index in [9.17, 15) is 4.79 Å². The van der Waals surface area contributed by atoms with Gasteiger partial charge >= 0.3 is 0 Å². The number of likely N-dealkylation sites (tertiary alicyclic amines) is 1. The van der Waals surface area contributed by atoms with Crippen LogP contribution in [-0.4, -0.2) is 81.4 Å². The molecule has 1 atom stereocenters. The molecule has 0 bridgehead atoms. The second kappa shape index (κ2) is 11.4. The zero-order valence-electron chi connectivity index (χ0n) is 22.5. The third-order valence-corrected chi connectivity index (χ3v) is 7.58. The molecule has 10 heteroatoms. The van der Waals surface area contributed by atoms with Crippen LogP contribution in [0.2, 0.25) is 0 Å². The minimum Gasteiger partial charge on any atom is -0.457 e. The standard InChI is InChI=1S/C30H33N7O3/c1-35(23-18-39-19-23)15-6-10-26(38)36-16-5-7-22(17-36)37-30-27(29(31)32-20-33-30)28(34-37)21-11-13-25(14-12-21)40-24-8-3-2-4-9-24/h2-4,6,8-14,20,22-23H,5,7,15-19H2,1H3,(H2,31,32,33)/t22-/m1/s1. The first kappa shape index (κ1) is 26.0. The van der Waals surface area contributed by atoms with Gasteiger partial charge in [-0.15, -0.1) is 0 Å². The van der Waals surface area contributed by atoms with E-state index in [1.807, 2.05) is 70.3 Å². The Kier molecular flexibility index (Phi) is 7.43. The third kappa shape index (κ3) is 5.41. The first-order valence-electron chi connectivity index (χ1n) is 13.6. The monoisotopic (exact) mass is 539 g/mol. The van der Waals surface area contributed by atoms with E-state index in [4.69, 9.17) is 20.3 Å². The topological polar surface area (TPSA) is 112 Å².